The summed E-state index contributed by atoms with van der Waals surface area (Å²) < 4.78 is 5.42. The SMILES string of the molecule is CC(C)Oc1ccnc(N(C)C(C)C(=O)O)n1. The van der Waals surface area contributed by atoms with Crippen molar-refractivity contribution in [2.75, 3.05) is 11.9 Å². The molecule has 1 atom stereocenters. The van der Waals surface area contributed by atoms with Gasteiger partial charge in [0.25, 0.3) is 0 Å². The Labute approximate surface area is 100 Å². The zero-order valence-corrected chi connectivity index (χ0v) is 10.4. The number of aliphatic carboxylic acids is 1. The molecule has 17 heavy (non-hydrogen) atoms. The van der Waals surface area contributed by atoms with Crippen LogP contribution < -0.4 is 9.64 Å². The van der Waals surface area contributed by atoms with E-state index in [9.17, 15) is 4.79 Å². The third-order valence-corrected chi connectivity index (χ3v) is 2.23. The summed E-state index contributed by atoms with van der Waals surface area (Å²) in [6.07, 6.45) is 1.56. The number of carbonyl (C=O) groups is 1. The summed E-state index contributed by atoms with van der Waals surface area (Å²) in [6, 6.07) is 0.951. The minimum Gasteiger partial charge on any atom is -0.480 e. The lowest BCUT2D eigenvalue weighted by atomic mass is 10.3. The van der Waals surface area contributed by atoms with Gasteiger partial charge in [-0.3, -0.25) is 0 Å². The summed E-state index contributed by atoms with van der Waals surface area (Å²) in [7, 11) is 1.63. The number of ether oxygens (including phenoxy) is 1. The zero-order valence-electron chi connectivity index (χ0n) is 10.4. The lowest BCUT2D eigenvalue weighted by Gasteiger charge is -2.21. The topological polar surface area (TPSA) is 75.5 Å². The predicted molar refractivity (Wildman–Crippen MR) is 63.3 cm³/mol. The van der Waals surface area contributed by atoms with Gasteiger partial charge in [0.2, 0.25) is 11.8 Å². The molecule has 1 N–H and O–H groups in total. The van der Waals surface area contributed by atoms with E-state index >= 15 is 0 Å². The molecule has 6 nitrogen and oxygen atoms in total. The van der Waals surface area contributed by atoms with Crippen LogP contribution in [-0.2, 0) is 4.79 Å². The Balaban J connectivity index is 2.87. The predicted octanol–water partition coefficient (Wildman–Crippen LogP) is 1.17. The van der Waals surface area contributed by atoms with Crippen molar-refractivity contribution in [2.45, 2.75) is 32.9 Å². The standard InChI is InChI=1S/C11H17N3O3/c1-7(2)17-9-5-6-12-11(13-9)14(4)8(3)10(15)16/h5-8H,1-4H3,(H,15,16). The van der Waals surface area contributed by atoms with Gasteiger partial charge in [0.15, 0.2) is 0 Å². The Morgan fingerprint density at radius 2 is 2.12 bits per heavy atom. The molecular weight excluding hydrogens is 222 g/mol. The van der Waals surface area contributed by atoms with Gasteiger partial charge < -0.3 is 14.7 Å². The Morgan fingerprint density at radius 1 is 1.47 bits per heavy atom. The highest BCUT2D eigenvalue weighted by Gasteiger charge is 2.19. The van der Waals surface area contributed by atoms with Crippen LogP contribution in [0.25, 0.3) is 0 Å². The first-order chi connectivity index (χ1) is 7.91. The average Bonchev–Trinajstić information content (AvgIpc) is 2.26. The lowest BCUT2D eigenvalue weighted by molar-refractivity contribution is -0.138. The van der Waals surface area contributed by atoms with Gasteiger partial charge in [-0.15, -0.1) is 0 Å². The third kappa shape index (κ3) is 3.58. The maximum atomic E-state index is 10.8. The summed E-state index contributed by atoms with van der Waals surface area (Å²) >= 11 is 0. The highest BCUT2D eigenvalue weighted by atomic mass is 16.5. The monoisotopic (exact) mass is 239 g/mol. The van der Waals surface area contributed by atoms with Crippen LogP contribution in [0.5, 0.6) is 5.88 Å². The summed E-state index contributed by atoms with van der Waals surface area (Å²) in [5, 5.41) is 8.90. The smallest absolute Gasteiger partial charge is 0.326 e. The van der Waals surface area contributed by atoms with Gasteiger partial charge >= 0.3 is 5.97 Å². The van der Waals surface area contributed by atoms with Crippen LogP contribution in [0.3, 0.4) is 0 Å². The van der Waals surface area contributed by atoms with Crippen LogP contribution in [0.4, 0.5) is 5.95 Å². The Kier molecular flexibility index (Phi) is 4.25. The number of carboxylic acid groups (broad SMARTS) is 1. The van der Waals surface area contributed by atoms with Crippen LogP contribution in [0.2, 0.25) is 0 Å². The minimum absolute atomic E-state index is 0.0138. The molecule has 0 aromatic carbocycles. The molecule has 0 aliphatic heterocycles. The van der Waals surface area contributed by atoms with Gasteiger partial charge in [-0.05, 0) is 20.8 Å². The zero-order chi connectivity index (χ0) is 13.0. The third-order valence-electron chi connectivity index (χ3n) is 2.23. The van der Waals surface area contributed by atoms with Crippen molar-refractivity contribution in [1.29, 1.82) is 0 Å². The van der Waals surface area contributed by atoms with Gasteiger partial charge in [-0.2, -0.15) is 4.98 Å². The number of anilines is 1. The molecule has 1 aromatic heterocycles. The second-order valence-corrected chi connectivity index (χ2v) is 3.99. The van der Waals surface area contributed by atoms with E-state index in [1.54, 1.807) is 26.2 Å². The fraction of sp³-hybridized carbons (Fsp3) is 0.545. The van der Waals surface area contributed by atoms with E-state index in [-0.39, 0.29) is 6.10 Å². The molecule has 1 heterocycles. The van der Waals surface area contributed by atoms with Gasteiger partial charge in [-0.25, -0.2) is 9.78 Å². The van der Waals surface area contributed by atoms with E-state index in [0.29, 0.717) is 11.8 Å². The molecule has 94 valence electrons. The van der Waals surface area contributed by atoms with Crippen molar-refractivity contribution >= 4 is 11.9 Å². The summed E-state index contributed by atoms with van der Waals surface area (Å²) in [5.41, 5.74) is 0. The molecule has 0 fully saturated rings. The molecular formula is C11H17N3O3. The van der Waals surface area contributed by atoms with E-state index in [4.69, 9.17) is 9.84 Å². The number of hydrogen-bond donors (Lipinski definition) is 1. The van der Waals surface area contributed by atoms with Crippen LogP contribution in [0.1, 0.15) is 20.8 Å². The van der Waals surface area contributed by atoms with Crippen LogP contribution in [-0.4, -0.2) is 40.2 Å². The number of carboxylic acids is 1. The maximum absolute atomic E-state index is 10.8. The molecule has 0 saturated heterocycles. The Bertz CT molecular complexity index is 395. The van der Waals surface area contributed by atoms with Crippen LogP contribution in [0.15, 0.2) is 12.3 Å². The van der Waals surface area contributed by atoms with Crippen molar-refractivity contribution in [2.24, 2.45) is 0 Å². The summed E-state index contributed by atoms with van der Waals surface area (Å²) in [6.45, 7) is 5.36. The molecule has 0 aliphatic carbocycles. The lowest BCUT2D eigenvalue weighted by Crippen LogP contribution is -2.36. The fourth-order valence-electron chi connectivity index (χ4n) is 1.15. The molecule has 0 aliphatic rings. The van der Waals surface area contributed by atoms with Gasteiger partial charge in [-0.1, -0.05) is 0 Å². The number of aromatic nitrogens is 2. The molecule has 0 bridgehead atoms. The van der Waals surface area contributed by atoms with Crippen molar-refractivity contribution < 1.29 is 14.6 Å². The van der Waals surface area contributed by atoms with Crippen molar-refractivity contribution in [1.82, 2.24) is 9.97 Å². The molecule has 0 spiro atoms. The van der Waals surface area contributed by atoms with E-state index < -0.39 is 12.0 Å². The highest BCUT2D eigenvalue weighted by Crippen LogP contribution is 2.14. The second-order valence-electron chi connectivity index (χ2n) is 3.99. The second kappa shape index (κ2) is 5.47. The van der Waals surface area contributed by atoms with E-state index in [0.717, 1.165) is 0 Å². The summed E-state index contributed by atoms with van der Waals surface area (Å²) in [5.74, 6) is -0.154. The molecule has 0 amide bonds. The maximum Gasteiger partial charge on any atom is 0.326 e. The van der Waals surface area contributed by atoms with Crippen molar-refractivity contribution in [3.8, 4) is 5.88 Å². The molecule has 0 saturated carbocycles. The first-order valence-corrected chi connectivity index (χ1v) is 5.37. The molecule has 1 unspecified atom stereocenters. The van der Waals surface area contributed by atoms with Gasteiger partial charge in [0.05, 0.1) is 6.10 Å². The van der Waals surface area contributed by atoms with E-state index in [2.05, 4.69) is 9.97 Å². The quantitative estimate of drug-likeness (QED) is 0.831. The molecule has 6 heteroatoms. The highest BCUT2D eigenvalue weighted by molar-refractivity contribution is 5.76. The molecule has 0 radical (unpaired) electrons. The largest absolute Gasteiger partial charge is 0.480 e. The summed E-state index contributed by atoms with van der Waals surface area (Å²) in [4.78, 5) is 20.5. The number of nitrogens with zero attached hydrogens (tertiary/aromatic N) is 3. The minimum atomic E-state index is -0.925. The number of hydrogen-bond acceptors (Lipinski definition) is 5. The number of rotatable bonds is 5. The normalized spacial score (nSPS) is 12.3. The first-order valence-electron chi connectivity index (χ1n) is 5.37. The number of likely N-dealkylation sites (N-methyl/N-ethyl adjacent to an activating group) is 1. The van der Waals surface area contributed by atoms with Crippen molar-refractivity contribution in [3.63, 3.8) is 0 Å². The molecule has 1 rings (SSSR count). The Morgan fingerprint density at radius 3 is 2.65 bits per heavy atom. The van der Waals surface area contributed by atoms with E-state index in [1.165, 1.54) is 4.90 Å². The van der Waals surface area contributed by atoms with Crippen LogP contribution >= 0.6 is 0 Å². The van der Waals surface area contributed by atoms with Gasteiger partial charge in [0, 0.05) is 19.3 Å². The Hall–Kier alpha value is -1.85. The molecule has 1 aromatic rings. The van der Waals surface area contributed by atoms with Gasteiger partial charge in [0.1, 0.15) is 6.04 Å². The van der Waals surface area contributed by atoms with Crippen molar-refractivity contribution in [3.05, 3.63) is 12.3 Å². The van der Waals surface area contributed by atoms with Crippen LogP contribution in [0, 0.1) is 0 Å². The average molecular weight is 239 g/mol. The fourth-order valence-corrected chi connectivity index (χ4v) is 1.15. The van der Waals surface area contributed by atoms with E-state index in [1.807, 2.05) is 13.8 Å². The first kappa shape index (κ1) is 13.2.